The van der Waals surface area contributed by atoms with Crippen molar-refractivity contribution in [1.82, 2.24) is 25.5 Å². The maximum Gasteiger partial charge on any atom is 0.214 e. The average Bonchev–Trinajstić information content (AvgIpc) is 3.08. The summed E-state index contributed by atoms with van der Waals surface area (Å²) in [5.41, 5.74) is 2.30. The van der Waals surface area contributed by atoms with Gasteiger partial charge in [-0.2, -0.15) is 4.68 Å². The van der Waals surface area contributed by atoms with Gasteiger partial charge in [-0.3, -0.25) is 0 Å². The third-order valence-corrected chi connectivity index (χ3v) is 4.35. The highest BCUT2D eigenvalue weighted by Crippen LogP contribution is 2.18. The largest absolute Gasteiger partial charge is 0.313 e. The number of para-hydroxylation sites is 1. The SMILES string of the molecule is c1ccc(CNCCCSc2nnnn2-c2ccccc2)cc1. The molecule has 0 unspecified atom stereocenters. The lowest BCUT2D eigenvalue weighted by molar-refractivity contribution is 0.678. The van der Waals surface area contributed by atoms with Crippen molar-refractivity contribution in [3.63, 3.8) is 0 Å². The first-order valence-corrected chi connectivity index (χ1v) is 8.63. The van der Waals surface area contributed by atoms with Gasteiger partial charge in [-0.1, -0.05) is 60.3 Å². The standard InChI is InChI=1S/C17H19N5S/c1-3-8-15(9-4-1)14-18-12-7-13-23-17-19-20-21-22(17)16-10-5-2-6-11-16/h1-6,8-11,18H,7,12-14H2. The molecule has 0 atom stereocenters. The number of hydrogen-bond acceptors (Lipinski definition) is 5. The molecule has 1 aromatic heterocycles. The molecule has 0 fully saturated rings. The zero-order valence-electron chi connectivity index (χ0n) is 12.8. The van der Waals surface area contributed by atoms with E-state index in [-0.39, 0.29) is 0 Å². The normalized spacial score (nSPS) is 10.8. The number of tetrazole rings is 1. The zero-order valence-corrected chi connectivity index (χ0v) is 13.6. The molecule has 3 rings (SSSR count). The molecule has 0 aliphatic rings. The Kier molecular flexibility index (Phi) is 5.77. The van der Waals surface area contributed by atoms with E-state index in [0.29, 0.717) is 0 Å². The minimum absolute atomic E-state index is 0.833. The molecule has 23 heavy (non-hydrogen) atoms. The first-order valence-electron chi connectivity index (χ1n) is 7.65. The zero-order chi connectivity index (χ0) is 15.7. The third kappa shape index (κ3) is 4.64. The van der Waals surface area contributed by atoms with Crippen LogP contribution in [0.4, 0.5) is 0 Å². The van der Waals surface area contributed by atoms with Gasteiger partial charge in [-0.05, 0) is 41.1 Å². The predicted octanol–water partition coefficient (Wildman–Crippen LogP) is 2.93. The summed E-state index contributed by atoms with van der Waals surface area (Å²) in [7, 11) is 0. The molecule has 0 radical (unpaired) electrons. The number of nitrogens with one attached hydrogen (secondary N) is 1. The molecule has 1 N–H and O–H groups in total. The van der Waals surface area contributed by atoms with Gasteiger partial charge in [0.2, 0.25) is 5.16 Å². The second kappa shape index (κ2) is 8.45. The molecule has 6 heteroatoms. The maximum atomic E-state index is 4.10. The van der Waals surface area contributed by atoms with Crippen LogP contribution in [0.3, 0.4) is 0 Å². The number of hydrogen-bond donors (Lipinski definition) is 1. The summed E-state index contributed by atoms with van der Waals surface area (Å²) in [6, 6.07) is 20.4. The van der Waals surface area contributed by atoms with Crippen LogP contribution in [0.15, 0.2) is 65.8 Å². The van der Waals surface area contributed by atoms with E-state index < -0.39 is 0 Å². The molecule has 0 aliphatic heterocycles. The molecule has 0 saturated heterocycles. The van der Waals surface area contributed by atoms with Crippen LogP contribution >= 0.6 is 11.8 Å². The minimum atomic E-state index is 0.833. The summed E-state index contributed by atoms with van der Waals surface area (Å²) in [5, 5.41) is 16.2. The topological polar surface area (TPSA) is 55.6 Å². The van der Waals surface area contributed by atoms with Crippen molar-refractivity contribution in [3.8, 4) is 5.69 Å². The van der Waals surface area contributed by atoms with E-state index in [0.717, 1.165) is 36.1 Å². The third-order valence-electron chi connectivity index (χ3n) is 3.34. The Hall–Kier alpha value is -2.18. The van der Waals surface area contributed by atoms with Crippen molar-refractivity contribution >= 4 is 11.8 Å². The minimum Gasteiger partial charge on any atom is -0.313 e. The monoisotopic (exact) mass is 325 g/mol. The quantitative estimate of drug-likeness (QED) is 0.510. The van der Waals surface area contributed by atoms with Crippen LogP contribution in [-0.2, 0) is 6.54 Å². The number of benzene rings is 2. The van der Waals surface area contributed by atoms with Crippen LogP contribution in [0.25, 0.3) is 5.69 Å². The van der Waals surface area contributed by atoms with Gasteiger partial charge < -0.3 is 5.32 Å². The van der Waals surface area contributed by atoms with E-state index in [1.165, 1.54) is 5.56 Å². The van der Waals surface area contributed by atoms with E-state index in [1.54, 1.807) is 16.4 Å². The van der Waals surface area contributed by atoms with E-state index >= 15 is 0 Å². The van der Waals surface area contributed by atoms with Gasteiger partial charge in [-0.25, -0.2) is 0 Å². The lowest BCUT2D eigenvalue weighted by Crippen LogP contribution is -2.15. The van der Waals surface area contributed by atoms with E-state index in [4.69, 9.17) is 0 Å². The molecule has 2 aromatic carbocycles. The van der Waals surface area contributed by atoms with Crippen molar-refractivity contribution in [3.05, 3.63) is 66.2 Å². The van der Waals surface area contributed by atoms with Gasteiger partial charge in [0.25, 0.3) is 0 Å². The first-order chi connectivity index (χ1) is 11.4. The van der Waals surface area contributed by atoms with Gasteiger partial charge in [0.15, 0.2) is 0 Å². The van der Waals surface area contributed by atoms with Gasteiger partial charge in [-0.15, -0.1) is 5.10 Å². The smallest absolute Gasteiger partial charge is 0.214 e. The van der Waals surface area contributed by atoms with Gasteiger partial charge in [0, 0.05) is 12.3 Å². The highest BCUT2D eigenvalue weighted by molar-refractivity contribution is 7.99. The second-order valence-corrected chi connectivity index (χ2v) is 6.14. The molecular weight excluding hydrogens is 306 g/mol. The summed E-state index contributed by atoms with van der Waals surface area (Å²) in [4.78, 5) is 0. The van der Waals surface area contributed by atoms with Gasteiger partial charge >= 0.3 is 0 Å². The summed E-state index contributed by atoms with van der Waals surface area (Å²) >= 11 is 1.68. The van der Waals surface area contributed by atoms with Crippen LogP contribution in [0.1, 0.15) is 12.0 Å². The summed E-state index contributed by atoms with van der Waals surface area (Å²) < 4.78 is 1.78. The Balaban J connectivity index is 1.41. The molecule has 0 bridgehead atoms. The summed E-state index contributed by atoms with van der Waals surface area (Å²) in [6.07, 6.45) is 1.07. The predicted molar refractivity (Wildman–Crippen MR) is 92.6 cm³/mol. The summed E-state index contributed by atoms with van der Waals surface area (Å²) in [5.74, 6) is 0.981. The molecular formula is C17H19N5S. The second-order valence-electron chi connectivity index (χ2n) is 5.07. The van der Waals surface area contributed by atoms with Crippen molar-refractivity contribution < 1.29 is 0 Å². The van der Waals surface area contributed by atoms with Crippen LogP contribution in [0.2, 0.25) is 0 Å². The fourth-order valence-corrected chi connectivity index (χ4v) is 3.02. The van der Waals surface area contributed by atoms with E-state index in [2.05, 4.69) is 45.1 Å². The molecule has 0 saturated carbocycles. The highest BCUT2D eigenvalue weighted by Gasteiger charge is 2.07. The first kappa shape index (κ1) is 15.7. The fourth-order valence-electron chi connectivity index (χ4n) is 2.19. The van der Waals surface area contributed by atoms with Gasteiger partial charge in [0.05, 0.1) is 5.69 Å². The molecule has 0 aliphatic carbocycles. The van der Waals surface area contributed by atoms with Crippen LogP contribution < -0.4 is 5.32 Å². The Morgan fingerprint density at radius 3 is 2.48 bits per heavy atom. The van der Waals surface area contributed by atoms with E-state index in [9.17, 15) is 0 Å². The average molecular weight is 325 g/mol. The fraction of sp³-hybridized carbons (Fsp3) is 0.235. The maximum absolute atomic E-state index is 4.10. The number of thioether (sulfide) groups is 1. The van der Waals surface area contributed by atoms with Crippen LogP contribution in [-0.4, -0.2) is 32.5 Å². The molecule has 3 aromatic rings. The van der Waals surface area contributed by atoms with Crippen LogP contribution in [0, 0.1) is 0 Å². The van der Waals surface area contributed by atoms with Crippen molar-refractivity contribution in [2.24, 2.45) is 0 Å². The Morgan fingerprint density at radius 1 is 0.957 bits per heavy atom. The van der Waals surface area contributed by atoms with Crippen molar-refractivity contribution in [1.29, 1.82) is 0 Å². The van der Waals surface area contributed by atoms with E-state index in [1.807, 2.05) is 36.4 Å². The Bertz CT molecular complexity index is 699. The summed E-state index contributed by atoms with van der Waals surface area (Å²) in [6.45, 7) is 1.89. The molecule has 0 spiro atoms. The highest BCUT2D eigenvalue weighted by atomic mass is 32.2. The van der Waals surface area contributed by atoms with Crippen molar-refractivity contribution in [2.45, 2.75) is 18.1 Å². The Morgan fingerprint density at radius 2 is 1.70 bits per heavy atom. The molecule has 1 heterocycles. The molecule has 5 nitrogen and oxygen atoms in total. The number of aromatic nitrogens is 4. The molecule has 118 valence electrons. The van der Waals surface area contributed by atoms with Crippen LogP contribution in [0.5, 0.6) is 0 Å². The lowest BCUT2D eigenvalue weighted by atomic mass is 10.2. The Labute approximate surface area is 140 Å². The number of rotatable bonds is 8. The van der Waals surface area contributed by atoms with Gasteiger partial charge in [0.1, 0.15) is 0 Å². The molecule has 0 amide bonds. The number of nitrogens with zero attached hydrogens (tertiary/aromatic N) is 4. The van der Waals surface area contributed by atoms with Crippen molar-refractivity contribution in [2.75, 3.05) is 12.3 Å². The lowest BCUT2D eigenvalue weighted by Gasteiger charge is -2.05.